The number of nitrogens with one attached hydrogen (secondary N) is 2. The van der Waals surface area contributed by atoms with E-state index in [-0.39, 0.29) is 11.4 Å². The molecule has 1 amide bonds. The molecule has 0 fully saturated rings. The summed E-state index contributed by atoms with van der Waals surface area (Å²) in [6, 6.07) is 13.5. The minimum absolute atomic E-state index is 0.0151. The van der Waals surface area contributed by atoms with E-state index in [0.29, 0.717) is 16.8 Å². The van der Waals surface area contributed by atoms with Gasteiger partial charge in [-0.25, -0.2) is 8.42 Å². The van der Waals surface area contributed by atoms with Crippen LogP contribution in [0.4, 0.5) is 0 Å². The molecule has 2 rings (SSSR count). The number of hydrogen-bond acceptors (Lipinski definition) is 8. The third-order valence-corrected chi connectivity index (χ3v) is 5.88. The number of esters is 1. The Bertz CT molecular complexity index is 1170. The third-order valence-electron chi connectivity index (χ3n) is 4.42. The average Bonchev–Trinajstić information content (AvgIpc) is 2.81. The van der Waals surface area contributed by atoms with Crippen LogP contribution in [0.5, 0.6) is 0 Å². The highest BCUT2D eigenvalue weighted by Crippen LogP contribution is 2.11. The van der Waals surface area contributed by atoms with Crippen molar-refractivity contribution in [2.24, 2.45) is 5.16 Å². The van der Waals surface area contributed by atoms with E-state index in [4.69, 9.17) is 10.1 Å². The second kappa shape index (κ2) is 11.8. The second-order valence-electron chi connectivity index (χ2n) is 6.96. The summed E-state index contributed by atoms with van der Waals surface area (Å²) in [5.74, 6) is -1.47. The van der Waals surface area contributed by atoms with Crippen molar-refractivity contribution in [1.82, 2.24) is 10.0 Å². The van der Waals surface area contributed by atoms with E-state index in [1.165, 1.54) is 12.1 Å². The lowest BCUT2D eigenvalue weighted by molar-refractivity contribution is -0.142. The first-order valence-corrected chi connectivity index (χ1v) is 11.2. The quantitative estimate of drug-likeness (QED) is 0.300. The standard InChI is InChI=1S/C22H24N4O6S/c1-15-5-4-6-19(11-15)33(29,30)26-20(22(28)31-3)13-24-21(27)14-32-25-16(2)18-9-7-17(12-23)8-10-18/h4-11,20,26H,13-14H2,1-3H3,(H,24,27)/t20-/m0/s1. The number of amides is 1. The first-order chi connectivity index (χ1) is 15.7. The molecule has 0 aliphatic rings. The Morgan fingerprint density at radius 2 is 1.88 bits per heavy atom. The fourth-order valence-corrected chi connectivity index (χ4v) is 3.94. The van der Waals surface area contributed by atoms with Gasteiger partial charge in [-0.15, -0.1) is 0 Å². The maximum Gasteiger partial charge on any atom is 0.325 e. The van der Waals surface area contributed by atoms with Crippen LogP contribution in [0.15, 0.2) is 58.6 Å². The Kier molecular flexibility index (Phi) is 9.08. The van der Waals surface area contributed by atoms with Gasteiger partial charge in [0.25, 0.3) is 5.91 Å². The molecular formula is C22H24N4O6S. The summed E-state index contributed by atoms with van der Waals surface area (Å²) in [5.41, 5.74) is 2.44. The van der Waals surface area contributed by atoms with Gasteiger partial charge in [-0.05, 0) is 49.2 Å². The van der Waals surface area contributed by atoms with Crippen LogP contribution >= 0.6 is 0 Å². The molecule has 0 aromatic heterocycles. The first-order valence-electron chi connectivity index (χ1n) is 9.77. The Morgan fingerprint density at radius 3 is 2.48 bits per heavy atom. The van der Waals surface area contributed by atoms with Crippen molar-refractivity contribution in [3.05, 3.63) is 65.2 Å². The summed E-state index contributed by atoms with van der Waals surface area (Å²) < 4.78 is 32.1. The van der Waals surface area contributed by atoms with Crippen LogP contribution in [0.1, 0.15) is 23.6 Å². The van der Waals surface area contributed by atoms with E-state index in [9.17, 15) is 18.0 Å². The van der Waals surface area contributed by atoms with Crippen LogP contribution in [0.3, 0.4) is 0 Å². The zero-order valence-corrected chi connectivity index (χ0v) is 19.2. The molecule has 2 aromatic rings. The molecule has 0 spiro atoms. The van der Waals surface area contributed by atoms with E-state index in [0.717, 1.165) is 12.7 Å². The SMILES string of the molecule is COC(=O)[C@H](CNC(=O)CON=C(C)c1ccc(C#N)cc1)NS(=O)(=O)c1cccc(C)c1. The average molecular weight is 473 g/mol. The zero-order valence-electron chi connectivity index (χ0n) is 18.4. The molecule has 0 heterocycles. The van der Waals surface area contributed by atoms with Crippen molar-refractivity contribution >= 4 is 27.6 Å². The maximum atomic E-state index is 12.6. The summed E-state index contributed by atoms with van der Waals surface area (Å²) in [7, 11) is -2.91. The third kappa shape index (κ3) is 7.71. The number of oxime groups is 1. The van der Waals surface area contributed by atoms with E-state index < -0.39 is 34.5 Å². The number of carbonyl (C=O) groups excluding carboxylic acids is 2. The van der Waals surface area contributed by atoms with Gasteiger partial charge in [0, 0.05) is 6.54 Å². The molecule has 0 saturated carbocycles. The number of sulfonamides is 1. The van der Waals surface area contributed by atoms with Crippen LogP contribution in [0.2, 0.25) is 0 Å². The Balaban J connectivity index is 1.94. The van der Waals surface area contributed by atoms with Gasteiger partial charge in [0.05, 0.1) is 29.3 Å². The van der Waals surface area contributed by atoms with Gasteiger partial charge in [0.1, 0.15) is 6.04 Å². The fraction of sp³-hybridized carbons (Fsp3) is 0.273. The lowest BCUT2D eigenvalue weighted by atomic mass is 10.1. The number of rotatable bonds is 10. The van der Waals surface area contributed by atoms with E-state index in [1.807, 2.05) is 6.07 Å². The summed E-state index contributed by atoms with van der Waals surface area (Å²) in [6.07, 6.45) is 0. The minimum atomic E-state index is -4.02. The van der Waals surface area contributed by atoms with Crippen molar-refractivity contribution < 1.29 is 27.6 Å². The van der Waals surface area contributed by atoms with Gasteiger partial charge in [-0.1, -0.05) is 29.4 Å². The highest BCUT2D eigenvalue weighted by molar-refractivity contribution is 7.89. The second-order valence-corrected chi connectivity index (χ2v) is 8.67. The largest absolute Gasteiger partial charge is 0.468 e. The van der Waals surface area contributed by atoms with Gasteiger partial charge < -0.3 is 14.9 Å². The van der Waals surface area contributed by atoms with Crippen molar-refractivity contribution in [2.75, 3.05) is 20.3 Å². The predicted molar refractivity (Wildman–Crippen MR) is 120 cm³/mol. The first kappa shape index (κ1) is 25.5. The van der Waals surface area contributed by atoms with Crippen molar-refractivity contribution in [1.29, 1.82) is 5.26 Å². The monoisotopic (exact) mass is 472 g/mol. The lowest BCUT2D eigenvalue weighted by Crippen LogP contribution is -2.49. The number of ether oxygens (including phenoxy) is 1. The van der Waals surface area contributed by atoms with Crippen LogP contribution in [-0.2, 0) is 29.2 Å². The highest BCUT2D eigenvalue weighted by atomic mass is 32.2. The van der Waals surface area contributed by atoms with Gasteiger partial charge in [0.15, 0.2) is 6.61 Å². The lowest BCUT2D eigenvalue weighted by Gasteiger charge is -2.17. The van der Waals surface area contributed by atoms with Crippen LogP contribution in [-0.4, -0.2) is 52.3 Å². The fourth-order valence-electron chi connectivity index (χ4n) is 2.65. The molecule has 0 bridgehead atoms. The molecule has 2 aromatic carbocycles. The van der Waals surface area contributed by atoms with Gasteiger partial charge >= 0.3 is 5.97 Å². The summed E-state index contributed by atoms with van der Waals surface area (Å²) in [5, 5.41) is 15.1. The smallest absolute Gasteiger partial charge is 0.325 e. The summed E-state index contributed by atoms with van der Waals surface area (Å²) in [4.78, 5) is 29.1. The van der Waals surface area contributed by atoms with E-state index in [1.54, 1.807) is 50.2 Å². The molecule has 0 aliphatic carbocycles. The number of aryl methyl sites for hydroxylation is 1. The topological polar surface area (TPSA) is 147 Å². The van der Waals surface area contributed by atoms with E-state index >= 15 is 0 Å². The Hall–Kier alpha value is -3.75. The van der Waals surface area contributed by atoms with Crippen LogP contribution in [0, 0.1) is 18.3 Å². The van der Waals surface area contributed by atoms with Crippen molar-refractivity contribution in [3.8, 4) is 6.07 Å². The van der Waals surface area contributed by atoms with Crippen LogP contribution < -0.4 is 10.0 Å². The molecule has 174 valence electrons. The number of nitrogens with zero attached hydrogens (tertiary/aromatic N) is 2. The number of benzene rings is 2. The van der Waals surface area contributed by atoms with Gasteiger partial charge in [0.2, 0.25) is 10.0 Å². The van der Waals surface area contributed by atoms with Gasteiger partial charge in [-0.2, -0.15) is 9.98 Å². The zero-order chi connectivity index (χ0) is 24.4. The summed E-state index contributed by atoms with van der Waals surface area (Å²) in [6.45, 7) is 2.61. The highest BCUT2D eigenvalue weighted by Gasteiger charge is 2.27. The minimum Gasteiger partial charge on any atom is -0.468 e. The molecule has 2 N–H and O–H groups in total. The van der Waals surface area contributed by atoms with E-state index in [2.05, 4.69) is 19.9 Å². The number of carbonyl (C=O) groups is 2. The molecule has 0 saturated heterocycles. The molecule has 0 aliphatic heterocycles. The molecule has 0 radical (unpaired) electrons. The normalized spacial score (nSPS) is 12.4. The summed E-state index contributed by atoms with van der Waals surface area (Å²) >= 11 is 0. The number of nitriles is 1. The van der Waals surface area contributed by atoms with Gasteiger partial charge in [-0.3, -0.25) is 9.59 Å². The molecule has 11 heteroatoms. The molecule has 33 heavy (non-hydrogen) atoms. The Morgan fingerprint density at radius 1 is 1.18 bits per heavy atom. The van der Waals surface area contributed by atoms with Crippen LogP contribution in [0.25, 0.3) is 0 Å². The number of methoxy groups -OCH3 is 1. The number of hydrogen-bond donors (Lipinski definition) is 2. The molecule has 0 unspecified atom stereocenters. The Labute approximate surface area is 192 Å². The van der Waals surface area contributed by atoms with Crippen molar-refractivity contribution in [2.45, 2.75) is 24.8 Å². The predicted octanol–water partition coefficient (Wildman–Crippen LogP) is 1.24. The molecular weight excluding hydrogens is 448 g/mol. The van der Waals surface area contributed by atoms with Crippen molar-refractivity contribution in [3.63, 3.8) is 0 Å². The molecule has 1 atom stereocenters. The maximum absolute atomic E-state index is 12.6. The molecule has 10 nitrogen and oxygen atoms in total.